The molecule has 9 heteroatoms. The smallest absolute Gasteiger partial charge is 0.346 e. The lowest BCUT2D eigenvalue weighted by atomic mass is 9.73. The van der Waals surface area contributed by atoms with Gasteiger partial charge in [0.15, 0.2) is 0 Å². The van der Waals surface area contributed by atoms with Crippen LogP contribution in [0.15, 0.2) is 91.0 Å². The van der Waals surface area contributed by atoms with Crippen molar-refractivity contribution < 1.29 is 22.8 Å². The number of alkyl halides is 3. The second-order valence-electron chi connectivity index (χ2n) is 13.9. The maximum atomic E-state index is 13.8. The van der Waals surface area contributed by atoms with Gasteiger partial charge in [-0.1, -0.05) is 99.6 Å². The number of fused-ring (bicyclic) bond motifs is 4. The summed E-state index contributed by atoms with van der Waals surface area (Å²) < 4.78 is 41.9. The molecule has 0 saturated heterocycles. The third kappa shape index (κ3) is 6.71. The molecule has 0 atom stereocenters. The normalized spacial score (nSPS) is 13.6. The quantitative estimate of drug-likeness (QED) is 0.147. The van der Waals surface area contributed by atoms with Crippen molar-refractivity contribution in [3.8, 4) is 11.1 Å². The fourth-order valence-corrected chi connectivity index (χ4v) is 7.36. The Kier molecular flexibility index (Phi) is 9.13. The minimum Gasteiger partial charge on any atom is -0.346 e. The first-order chi connectivity index (χ1) is 23.3. The highest BCUT2D eigenvalue weighted by atomic mass is 19.4. The zero-order valence-corrected chi connectivity index (χ0v) is 28.2. The maximum Gasteiger partial charge on any atom is 0.405 e. The van der Waals surface area contributed by atoms with E-state index in [9.17, 15) is 22.8 Å². The van der Waals surface area contributed by atoms with Crippen molar-refractivity contribution in [2.24, 2.45) is 0 Å². The van der Waals surface area contributed by atoms with Gasteiger partial charge in [0.05, 0.1) is 17.6 Å². The van der Waals surface area contributed by atoms with Gasteiger partial charge in [0.25, 0.3) is 0 Å². The molecule has 254 valence electrons. The molecule has 1 aliphatic rings. The zero-order chi connectivity index (χ0) is 35.0. The summed E-state index contributed by atoms with van der Waals surface area (Å²) in [4.78, 5) is 31.9. The highest BCUT2D eigenvalue weighted by molar-refractivity contribution is 6.01. The molecule has 5 aromatic rings. The summed E-state index contributed by atoms with van der Waals surface area (Å²) in [5.41, 5.74) is 6.18. The summed E-state index contributed by atoms with van der Waals surface area (Å²) in [7, 11) is 0. The number of carbonyl (C=O) groups is 2. The molecule has 4 aromatic carbocycles. The standard InChI is InChI=1S/C40H41F3N4O2/c1-26-45-36-33(46-35(48)24-27-14-5-8-17-30(27)38(2,3)4)20-13-21-34(36)47(26)23-12-11-22-39(37(49)44-25-40(41,42)43)31-18-9-6-15-28(31)29-16-7-10-19-32(29)39/h5-10,13-21H,11-12,22-25H2,1-4H3,(H,44,49)(H,46,48). The number of nitrogens with zero attached hydrogens (tertiary/aromatic N) is 2. The summed E-state index contributed by atoms with van der Waals surface area (Å²) in [6.45, 7) is 7.51. The Hall–Kier alpha value is -4.92. The SMILES string of the molecule is Cc1nc2c(NC(=O)Cc3ccccc3C(C)(C)C)cccc2n1CCCCC1(C(=O)NCC(F)(F)F)c2ccccc2-c2ccccc21. The predicted octanol–water partition coefficient (Wildman–Crippen LogP) is 8.64. The van der Waals surface area contributed by atoms with Gasteiger partial charge in [0.2, 0.25) is 11.8 Å². The van der Waals surface area contributed by atoms with Crippen molar-refractivity contribution in [3.05, 3.63) is 119 Å². The largest absolute Gasteiger partial charge is 0.405 e. The Morgan fingerprint density at radius 2 is 1.45 bits per heavy atom. The second kappa shape index (κ2) is 13.2. The summed E-state index contributed by atoms with van der Waals surface area (Å²) in [5.74, 6) is 0.0172. The Morgan fingerprint density at radius 3 is 2.10 bits per heavy atom. The average molecular weight is 667 g/mol. The lowest BCUT2D eigenvalue weighted by Gasteiger charge is -2.31. The van der Waals surface area contributed by atoms with Crippen LogP contribution in [0.4, 0.5) is 18.9 Å². The van der Waals surface area contributed by atoms with Gasteiger partial charge in [0, 0.05) is 6.54 Å². The number of carbonyl (C=O) groups excluding carboxylic acids is 2. The van der Waals surface area contributed by atoms with Crippen LogP contribution in [0.3, 0.4) is 0 Å². The van der Waals surface area contributed by atoms with Crippen LogP contribution in [0, 0.1) is 6.92 Å². The Labute approximate surface area is 284 Å². The number of aryl methyl sites for hydroxylation is 2. The molecule has 6 nitrogen and oxygen atoms in total. The van der Waals surface area contributed by atoms with Crippen molar-refractivity contribution in [1.82, 2.24) is 14.9 Å². The molecule has 1 heterocycles. The number of hydrogen-bond donors (Lipinski definition) is 2. The zero-order valence-electron chi connectivity index (χ0n) is 28.2. The van der Waals surface area contributed by atoms with E-state index in [4.69, 9.17) is 4.98 Å². The van der Waals surface area contributed by atoms with Crippen LogP contribution in [-0.2, 0) is 33.4 Å². The number of hydrogen-bond acceptors (Lipinski definition) is 3. The molecule has 0 aliphatic heterocycles. The molecule has 49 heavy (non-hydrogen) atoms. The van der Waals surface area contributed by atoms with Crippen LogP contribution in [0.2, 0.25) is 0 Å². The number of halogens is 3. The van der Waals surface area contributed by atoms with Crippen LogP contribution in [0.25, 0.3) is 22.2 Å². The Bertz CT molecular complexity index is 1980. The number of anilines is 1. The third-order valence-corrected chi connectivity index (χ3v) is 9.50. The highest BCUT2D eigenvalue weighted by Crippen LogP contribution is 2.51. The first-order valence-corrected chi connectivity index (χ1v) is 16.7. The van der Waals surface area contributed by atoms with Crippen molar-refractivity contribution >= 4 is 28.5 Å². The number of imidazole rings is 1. The number of amides is 2. The molecule has 0 unspecified atom stereocenters. The molecule has 0 saturated carbocycles. The van der Waals surface area contributed by atoms with Crippen LogP contribution in [0.1, 0.15) is 68.1 Å². The fraction of sp³-hybridized carbons (Fsp3) is 0.325. The Morgan fingerprint density at radius 1 is 0.816 bits per heavy atom. The van der Waals surface area contributed by atoms with Crippen LogP contribution < -0.4 is 10.6 Å². The van der Waals surface area contributed by atoms with E-state index in [1.807, 2.05) is 91.9 Å². The molecule has 6 rings (SSSR count). The molecule has 0 spiro atoms. The van der Waals surface area contributed by atoms with Crippen LogP contribution >= 0.6 is 0 Å². The van der Waals surface area contributed by atoms with Crippen molar-refractivity contribution in [3.63, 3.8) is 0 Å². The molecule has 1 aliphatic carbocycles. The number of unbranched alkanes of at least 4 members (excludes halogenated alkanes) is 1. The summed E-state index contributed by atoms with van der Waals surface area (Å²) in [5, 5.41) is 5.28. The minimum atomic E-state index is -4.52. The van der Waals surface area contributed by atoms with E-state index in [1.165, 1.54) is 0 Å². The van der Waals surface area contributed by atoms with Gasteiger partial charge in [-0.25, -0.2) is 4.98 Å². The molecule has 2 N–H and O–H groups in total. The molecular formula is C40H41F3N4O2. The lowest BCUT2D eigenvalue weighted by molar-refractivity contribution is -0.141. The van der Waals surface area contributed by atoms with E-state index < -0.39 is 24.0 Å². The first kappa shape index (κ1) is 34.0. The molecule has 2 amide bonds. The van der Waals surface area contributed by atoms with Crippen LogP contribution in [0.5, 0.6) is 0 Å². The average Bonchev–Trinajstić information content (AvgIpc) is 3.54. The molecular weight excluding hydrogens is 625 g/mol. The van der Waals surface area contributed by atoms with Crippen molar-refractivity contribution in [2.75, 3.05) is 11.9 Å². The second-order valence-corrected chi connectivity index (χ2v) is 13.9. The Balaban J connectivity index is 1.21. The van der Waals surface area contributed by atoms with E-state index in [0.717, 1.165) is 44.7 Å². The monoisotopic (exact) mass is 666 g/mol. The first-order valence-electron chi connectivity index (χ1n) is 16.7. The number of nitrogens with one attached hydrogen (secondary N) is 2. The maximum absolute atomic E-state index is 13.8. The topological polar surface area (TPSA) is 76.0 Å². The van der Waals surface area contributed by atoms with Gasteiger partial charge in [-0.05, 0) is 77.1 Å². The lowest BCUT2D eigenvalue weighted by Crippen LogP contribution is -2.47. The predicted molar refractivity (Wildman–Crippen MR) is 188 cm³/mol. The van der Waals surface area contributed by atoms with E-state index in [1.54, 1.807) is 0 Å². The van der Waals surface area contributed by atoms with E-state index in [-0.39, 0.29) is 17.7 Å². The van der Waals surface area contributed by atoms with Crippen molar-refractivity contribution in [2.45, 2.75) is 76.9 Å². The summed E-state index contributed by atoms with van der Waals surface area (Å²) >= 11 is 0. The van der Waals surface area contributed by atoms with E-state index in [2.05, 4.69) is 42.0 Å². The number of benzene rings is 4. The van der Waals surface area contributed by atoms with E-state index in [0.29, 0.717) is 37.0 Å². The van der Waals surface area contributed by atoms with E-state index >= 15 is 0 Å². The van der Waals surface area contributed by atoms with Gasteiger partial charge < -0.3 is 15.2 Å². The molecule has 0 radical (unpaired) electrons. The van der Waals surface area contributed by atoms with Crippen LogP contribution in [-0.4, -0.2) is 34.1 Å². The number of para-hydroxylation sites is 1. The van der Waals surface area contributed by atoms with Gasteiger partial charge >= 0.3 is 6.18 Å². The van der Waals surface area contributed by atoms with Gasteiger partial charge in [-0.15, -0.1) is 0 Å². The molecule has 1 aromatic heterocycles. The number of rotatable bonds is 10. The highest BCUT2D eigenvalue weighted by Gasteiger charge is 2.49. The van der Waals surface area contributed by atoms with Gasteiger partial charge in [-0.2, -0.15) is 13.2 Å². The molecule has 0 bridgehead atoms. The third-order valence-electron chi connectivity index (χ3n) is 9.50. The fourth-order valence-electron chi connectivity index (χ4n) is 7.36. The summed E-state index contributed by atoms with van der Waals surface area (Å²) in [6.07, 6.45) is -2.71. The van der Waals surface area contributed by atoms with Gasteiger partial charge in [0.1, 0.15) is 23.3 Å². The van der Waals surface area contributed by atoms with Crippen molar-refractivity contribution in [1.29, 1.82) is 0 Å². The van der Waals surface area contributed by atoms with Gasteiger partial charge in [-0.3, -0.25) is 9.59 Å². The number of aromatic nitrogens is 2. The summed E-state index contributed by atoms with van der Waals surface area (Å²) in [6, 6.07) is 28.7. The molecule has 0 fully saturated rings. The minimum absolute atomic E-state index is 0.0934.